The highest BCUT2D eigenvalue weighted by Gasteiger charge is 2.17. The van der Waals surface area contributed by atoms with Crippen LogP contribution in [0.15, 0.2) is 23.9 Å². The summed E-state index contributed by atoms with van der Waals surface area (Å²) in [6.45, 7) is 16.8. The van der Waals surface area contributed by atoms with Gasteiger partial charge in [0.1, 0.15) is 0 Å². The molecule has 0 unspecified atom stereocenters. The first-order chi connectivity index (χ1) is 5.55. The zero-order valence-electron chi connectivity index (χ0n) is 9.86. The van der Waals surface area contributed by atoms with E-state index in [1.165, 1.54) is 0 Å². The van der Waals surface area contributed by atoms with Crippen LogP contribution in [-0.2, 0) is 0 Å². The van der Waals surface area contributed by atoms with Crippen LogP contribution in [0.1, 0.15) is 41.5 Å². The lowest BCUT2D eigenvalue weighted by atomic mass is 9.84. The molecule has 0 saturated carbocycles. The average Bonchev–Trinajstić information content (AvgIpc) is 1.82. The molecule has 0 bridgehead atoms. The van der Waals surface area contributed by atoms with E-state index in [4.69, 9.17) is 5.73 Å². The van der Waals surface area contributed by atoms with Crippen molar-refractivity contribution in [2.24, 2.45) is 16.6 Å². The molecule has 0 radical (unpaired) electrons. The van der Waals surface area contributed by atoms with Gasteiger partial charge in [-0.3, -0.25) is 0 Å². The van der Waals surface area contributed by atoms with E-state index in [9.17, 15) is 0 Å². The Morgan fingerprint density at radius 2 is 1.38 bits per heavy atom. The van der Waals surface area contributed by atoms with Crippen molar-refractivity contribution < 1.29 is 0 Å². The highest BCUT2D eigenvalue weighted by atomic mass is 14.6. The molecule has 0 fully saturated rings. The highest BCUT2D eigenvalue weighted by Crippen LogP contribution is 2.28. The van der Waals surface area contributed by atoms with E-state index < -0.39 is 0 Å². The van der Waals surface area contributed by atoms with Crippen molar-refractivity contribution in [3.05, 3.63) is 23.9 Å². The van der Waals surface area contributed by atoms with Crippen LogP contribution in [0.25, 0.3) is 0 Å². The average molecular weight is 181 g/mol. The van der Waals surface area contributed by atoms with Gasteiger partial charge in [-0.15, -0.1) is 0 Å². The van der Waals surface area contributed by atoms with Crippen molar-refractivity contribution in [2.45, 2.75) is 41.5 Å². The molecule has 1 heteroatoms. The van der Waals surface area contributed by atoms with Crippen LogP contribution in [0.4, 0.5) is 0 Å². The quantitative estimate of drug-likeness (QED) is 0.616. The third-order valence-corrected chi connectivity index (χ3v) is 2.16. The van der Waals surface area contributed by atoms with Gasteiger partial charge in [0.2, 0.25) is 0 Å². The van der Waals surface area contributed by atoms with Crippen molar-refractivity contribution in [1.82, 2.24) is 0 Å². The smallest absolute Gasteiger partial charge is 0.0138 e. The van der Waals surface area contributed by atoms with Gasteiger partial charge in [0.15, 0.2) is 0 Å². The minimum absolute atomic E-state index is 0.0359. The monoisotopic (exact) mass is 181 g/mol. The number of hydrogen-bond acceptors (Lipinski definition) is 1. The lowest BCUT2D eigenvalue weighted by molar-refractivity contribution is 0.485. The molecule has 76 valence electrons. The van der Waals surface area contributed by atoms with Crippen LogP contribution in [0.5, 0.6) is 0 Å². The fourth-order valence-electron chi connectivity index (χ4n) is 0.621. The van der Waals surface area contributed by atoms with E-state index in [1.54, 1.807) is 0 Å². The van der Waals surface area contributed by atoms with Crippen molar-refractivity contribution in [2.75, 3.05) is 0 Å². The molecule has 13 heavy (non-hydrogen) atoms. The van der Waals surface area contributed by atoms with Gasteiger partial charge in [-0.1, -0.05) is 48.1 Å². The number of nitrogens with two attached hydrogens (primary N) is 1. The van der Waals surface area contributed by atoms with Gasteiger partial charge in [0.05, 0.1) is 0 Å². The summed E-state index contributed by atoms with van der Waals surface area (Å²) in [7, 11) is 0. The van der Waals surface area contributed by atoms with E-state index in [0.717, 1.165) is 11.3 Å². The highest BCUT2D eigenvalue weighted by molar-refractivity contribution is 5.26. The minimum Gasteiger partial charge on any atom is -0.402 e. The van der Waals surface area contributed by atoms with Crippen LogP contribution in [0, 0.1) is 10.8 Å². The zero-order chi connectivity index (χ0) is 10.9. The molecular weight excluding hydrogens is 158 g/mol. The second kappa shape index (κ2) is 3.57. The Kier molecular flexibility index (Phi) is 3.37. The third kappa shape index (κ3) is 4.16. The fourth-order valence-corrected chi connectivity index (χ4v) is 0.621. The summed E-state index contributed by atoms with van der Waals surface area (Å²) in [6.07, 6.45) is 2.00. The van der Waals surface area contributed by atoms with Gasteiger partial charge in [0, 0.05) is 11.1 Å². The van der Waals surface area contributed by atoms with Gasteiger partial charge in [0.25, 0.3) is 0 Å². The summed E-state index contributed by atoms with van der Waals surface area (Å²) < 4.78 is 0. The third-order valence-electron chi connectivity index (χ3n) is 2.16. The summed E-state index contributed by atoms with van der Waals surface area (Å²) in [5.74, 6) is 0. The van der Waals surface area contributed by atoms with Crippen LogP contribution in [0.3, 0.4) is 0 Å². The lowest BCUT2D eigenvalue weighted by Crippen LogP contribution is -2.18. The maximum Gasteiger partial charge on any atom is 0.0138 e. The van der Waals surface area contributed by atoms with Crippen molar-refractivity contribution in [3.63, 3.8) is 0 Å². The van der Waals surface area contributed by atoms with Crippen LogP contribution >= 0.6 is 0 Å². The molecule has 0 heterocycles. The van der Waals surface area contributed by atoms with E-state index in [1.807, 2.05) is 6.08 Å². The largest absolute Gasteiger partial charge is 0.402 e. The molecule has 0 aromatic carbocycles. The normalized spacial score (nSPS) is 14.5. The predicted octanol–water partition coefficient (Wildman–Crippen LogP) is 3.48. The molecular formula is C12H23N. The zero-order valence-corrected chi connectivity index (χ0v) is 9.86. The van der Waals surface area contributed by atoms with Gasteiger partial charge >= 0.3 is 0 Å². The lowest BCUT2D eigenvalue weighted by Gasteiger charge is -2.24. The van der Waals surface area contributed by atoms with Gasteiger partial charge in [-0.2, -0.15) is 0 Å². The molecule has 0 rings (SSSR count). The molecule has 0 aliphatic carbocycles. The minimum atomic E-state index is 0.0359. The summed E-state index contributed by atoms with van der Waals surface area (Å²) in [6, 6.07) is 0. The molecule has 0 saturated heterocycles. The van der Waals surface area contributed by atoms with Crippen molar-refractivity contribution in [1.29, 1.82) is 0 Å². The second-order valence-electron chi connectivity index (χ2n) is 5.62. The maximum atomic E-state index is 5.95. The molecule has 0 aliphatic rings. The van der Waals surface area contributed by atoms with Crippen LogP contribution in [0.2, 0.25) is 0 Å². The summed E-state index contributed by atoms with van der Waals surface area (Å²) in [5.41, 5.74) is 8.07. The number of rotatable bonds is 1. The molecule has 0 aromatic heterocycles. The summed E-state index contributed by atoms with van der Waals surface area (Å²) >= 11 is 0. The molecule has 0 aromatic rings. The summed E-state index contributed by atoms with van der Waals surface area (Å²) in [4.78, 5) is 0. The number of allylic oxidation sites excluding steroid dienone is 3. The van der Waals surface area contributed by atoms with Crippen molar-refractivity contribution in [3.8, 4) is 0 Å². The predicted molar refractivity (Wildman–Crippen MR) is 60.3 cm³/mol. The first-order valence-electron chi connectivity index (χ1n) is 4.72. The molecule has 0 spiro atoms. The Morgan fingerprint density at radius 1 is 1.00 bits per heavy atom. The van der Waals surface area contributed by atoms with E-state index in [-0.39, 0.29) is 10.8 Å². The Bertz CT molecular complexity index is 220. The molecule has 1 nitrogen and oxygen atoms in total. The Morgan fingerprint density at radius 3 is 1.62 bits per heavy atom. The van der Waals surface area contributed by atoms with E-state index in [0.29, 0.717) is 0 Å². The maximum absolute atomic E-state index is 5.95. The first kappa shape index (κ1) is 12.3. The second-order valence-corrected chi connectivity index (χ2v) is 5.62. The van der Waals surface area contributed by atoms with E-state index >= 15 is 0 Å². The van der Waals surface area contributed by atoms with Crippen LogP contribution in [-0.4, -0.2) is 0 Å². The number of hydrogen-bond donors (Lipinski definition) is 1. The standard InChI is InChI=1S/C12H23N/c1-9(11(2,3)4)8-10(13)12(5,6)7/h8H,1,13H2,2-7H3/b10-8-. The first-order valence-corrected chi connectivity index (χ1v) is 4.72. The van der Waals surface area contributed by atoms with E-state index in [2.05, 4.69) is 48.1 Å². The fraction of sp³-hybridized carbons (Fsp3) is 0.667. The van der Waals surface area contributed by atoms with Gasteiger partial charge < -0.3 is 5.73 Å². The van der Waals surface area contributed by atoms with Gasteiger partial charge in [-0.25, -0.2) is 0 Å². The Hall–Kier alpha value is -0.720. The topological polar surface area (TPSA) is 26.0 Å². The Balaban J connectivity index is 4.70. The molecule has 2 N–H and O–H groups in total. The molecule has 0 aliphatic heterocycles. The van der Waals surface area contributed by atoms with Crippen molar-refractivity contribution >= 4 is 0 Å². The Labute approximate surface area is 82.7 Å². The van der Waals surface area contributed by atoms with Gasteiger partial charge in [-0.05, 0) is 17.1 Å². The molecule has 0 atom stereocenters. The summed E-state index contributed by atoms with van der Waals surface area (Å²) in [5, 5.41) is 0. The van der Waals surface area contributed by atoms with Crippen LogP contribution < -0.4 is 5.73 Å². The molecule has 0 amide bonds. The SMILES string of the molecule is C=C(/C=C(\N)C(C)(C)C)C(C)(C)C.